The molecule has 1 aromatic heterocycles. The fraction of sp³-hybridized carbons (Fsp3) is 0.222. The van der Waals surface area contributed by atoms with Crippen LogP contribution < -0.4 is 16.0 Å². The molecule has 5 N–H and O–H groups in total. The van der Waals surface area contributed by atoms with Crippen LogP contribution in [0, 0.1) is 13.8 Å². The van der Waals surface area contributed by atoms with Gasteiger partial charge in [-0.15, -0.1) is 11.6 Å². The average Bonchev–Trinajstić information content (AvgIpc) is 3.33. The van der Waals surface area contributed by atoms with Crippen molar-refractivity contribution in [1.29, 1.82) is 0 Å². The molecular formula is C27H27ClN4O4. The first-order valence-corrected chi connectivity index (χ1v) is 12.0. The summed E-state index contributed by atoms with van der Waals surface area (Å²) in [7, 11) is 0. The van der Waals surface area contributed by atoms with Crippen LogP contribution in [0.25, 0.3) is 11.6 Å². The number of carbonyl (C=O) groups is 3. The third kappa shape index (κ3) is 5.05. The molecule has 0 radical (unpaired) electrons. The minimum Gasteiger partial charge on any atom is -0.382 e. The predicted octanol–water partition coefficient (Wildman–Crippen LogP) is 4.15. The van der Waals surface area contributed by atoms with Crippen LogP contribution in [-0.2, 0) is 9.59 Å². The van der Waals surface area contributed by atoms with Crippen LogP contribution in [0.3, 0.4) is 0 Å². The number of amides is 3. The first-order valence-electron chi connectivity index (χ1n) is 11.5. The predicted molar refractivity (Wildman–Crippen MR) is 141 cm³/mol. The number of aliphatic hydroxyl groups excluding tert-OH is 1. The number of aromatic amines is 1. The monoisotopic (exact) mass is 506 g/mol. The van der Waals surface area contributed by atoms with Gasteiger partial charge in [0.05, 0.1) is 23.2 Å². The van der Waals surface area contributed by atoms with E-state index in [-0.39, 0.29) is 23.7 Å². The van der Waals surface area contributed by atoms with Crippen molar-refractivity contribution in [3.05, 3.63) is 82.2 Å². The van der Waals surface area contributed by atoms with E-state index in [1.165, 1.54) is 0 Å². The molecular weight excluding hydrogens is 480 g/mol. The highest BCUT2D eigenvalue weighted by Gasteiger charge is 2.27. The molecule has 0 saturated carbocycles. The van der Waals surface area contributed by atoms with Crippen LogP contribution in [0.4, 0.5) is 11.4 Å². The molecule has 1 aliphatic heterocycles. The lowest BCUT2D eigenvalue weighted by atomic mass is 10.0. The number of aryl methyl sites for hydroxylation is 1. The Kier molecular flexibility index (Phi) is 7.28. The van der Waals surface area contributed by atoms with Gasteiger partial charge in [-0.25, -0.2) is 0 Å². The number of benzene rings is 2. The lowest BCUT2D eigenvalue weighted by Gasteiger charge is -2.14. The Morgan fingerprint density at radius 1 is 1.14 bits per heavy atom. The number of alkyl halides is 1. The summed E-state index contributed by atoms with van der Waals surface area (Å²) in [4.78, 5) is 41.0. The van der Waals surface area contributed by atoms with Crippen LogP contribution in [0.2, 0.25) is 0 Å². The topological polar surface area (TPSA) is 123 Å². The second kappa shape index (κ2) is 10.4. The molecule has 3 amide bonds. The highest BCUT2D eigenvalue weighted by Crippen LogP contribution is 2.35. The van der Waals surface area contributed by atoms with Crippen molar-refractivity contribution >= 4 is 52.3 Å². The zero-order chi connectivity index (χ0) is 26.0. The molecule has 1 aliphatic rings. The van der Waals surface area contributed by atoms with E-state index in [0.717, 1.165) is 5.56 Å². The fourth-order valence-corrected chi connectivity index (χ4v) is 4.24. The van der Waals surface area contributed by atoms with Crippen molar-refractivity contribution in [2.75, 3.05) is 16.5 Å². The Morgan fingerprint density at radius 3 is 2.56 bits per heavy atom. The highest BCUT2D eigenvalue weighted by atomic mass is 35.5. The summed E-state index contributed by atoms with van der Waals surface area (Å²) < 4.78 is 0. The van der Waals surface area contributed by atoms with E-state index in [4.69, 9.17) is 11.6 Å². The van der Waals surface area contributed by atoms with Crippen molar-refractivity contribution < 1.29 is 19.5 Å². The van der Waals surface area contributed by atoms with Crippen LogP contribution in [0.5, 0.6) is 0 Å². The Bertz CT molecular complexity index is 1360. The number of hydrogen-bond acceptors (Lipinski definition) is 4. The van der Waals surface area contributed by atoms with Crippen molar-refractivity contribution in [3.63, 3.8) is 0 Å². The molecule has 2 aromatic carbocycles. The third-order valence-electron chi connectivity index (χ3n) is 6.17. The maximum atomic E-state index is 12.9. The van der Waals surface area contributed by atoms with Crippen LogP contribution in [0.15, 0.2) is 48.5 Å². The first kappa shape index (κ1) is 25.2. The number of aliphatic hydroxyl groups is 1. The van der Waals surface area contributed by atoms with Crippen LogP contribution in [-0.4, -0.2) is 39.8 Å². The molecule has 8 nitrogen and oxygen atoms in total. The number of anilines is 2. The van der Waals surface area contributed by atoms with Gasteiger partial charge >= 0.3 is 0 Å². The SMILES string of the molecule is Cc1[nH]c(/C=C2\C(=O)Nc3ccc(C(=O)NC(C)c4ccccc4)cc32)c(C)c1NC(=O)C(O)CCl. The van der Waals surface area contributed by atoms with E-state index in [9.17, 15) is 19.5 Å². The lowest BCUT2D eigenvalue weighted by Crippen LogP contribution is -2.29. The fourth-order valence-electron chi connectivity index (χ4n) is 4.10. The van der Waals surface area contributed by atoms with Gasteiger partial charge in [0.25, 0.3) is 17.7 Å². The molecule has 0 saturated heterocycles. The quantitative estimate of drug-likeness (QED) is 0.244. The number of halogens is 1. The number of rotatable bonds is 7. The zero-order valence-electron chi connectivity index (χ0n) is 20.1. The smallest absolute Gasteiger partial charge is 0.256 e. The zero-order valence-corrected chi connectivity index (χ0v) is 20.9. The van der Waals surface area contributed by atoms with Crippen LogP contribution >= 0.6 is 11.6 Å². The van der Waals surface area contributed by atoms with Gasteiger partial charge in [0.2, 0.25) is 0 Å². The van der Waals surface area contributed by atoms with Gasteiger partial charge in [0, 0.05) is 28.2 Å². The van der Waals surface area contributed by atoms with Gasteiger partial charge in [0.1, 0.15) is 6.10 Å². The third-order valence-corrected chi connectivity index (χ3v) is 6.47. The second-order valence-corrected chi connectivity index (χ2v) is 9.01. The van der Waals surface area contributed by atoms with Crippen molar-refractivity contribution in [2.45, 2.75) is 32.9 Å². The molecule has 3 aromatic rings. The summed E-state index contributed by atoms with van der Waals surface area (Å²) in [5, 5.41) is 18.2. The van der Waals surface area contributed by atoms with E-state index in [1.54, 1.807) is 38.1 Å². The van der Waals surface area contributed by atoms with Gasteiger partial charge in [-0.05, 0) is 56.2 Å². The summed E-state index contributed by atoms with van der Waals surface area (Å²) >= 11 is 5.57. The number of carbonyl (C=O) groups excluding carboxylic acids is 3. The molecule has 2 heterocycles. The van der Waals surface area contributed by atoms with E-state index >= 15 is 0 Å². The Labute approximate surface area is 213 Å². The molecule has 186 valence electrons. The summed E-state index contributed by atoms with van der Waals surface area (Å²) in [6.07, 6.45) is 0.356. The minimum absolute atomic E-state index is 0.183. The number of aromatic nitrogens is 1. The van der Waals surface area contributed by atoms with E-state index in [1.807, 2.05) is 37.3 Å². The number of nitrogens with one attached hydrogen (secondary N) is 4. The largest absolute Gasteiger partial charge is 0.382 e. The van der Waals surface area contributed by atoms with Gasteiger partial charge < -0.3 is 26.0 Å². The standard InChI is InChI=1S/C27H27ClN4O4/c1-14-22(29-16(3)24(14)32-27(36)23(33)13-28)12-20-19-11-18(9-10-21(19)31-26(20)35)25(34)30-15(2)17-7-5-4-6-8-17/h4-12,15,23,29,33H,13H2,1-3H3,(H,30,34)(H,31,35)(H,32,36)/b20-12-. The van der Waals surface area contributed by atoms with Gasteiger partial charge in [-0.2, -0.15) is 0 Å². The molecule has 2 atom stereocenters. The summed E-state index contributed by atoms with van der Waals surface area (Å²) in [6.45, 7) is 5.48. The Hall–Kier alpha value is -3.88. The van der Waals surface area contributed by atoms with E-state index in [0.29, 0.717) is 45.0 Å². The highest BCUT2D eigenvalue weighted by molar-refractivity contribution is 6.35. The molecule has 9 heteroatoms. The maximum absolute atomic E-state index is 12.9. The van der Waals surface area contributed by atoms with Crippen molar-refractivity contribution in [3.8, 4) is 0 Å². The Balaban J connectivity index is 1.61. The molecule has 0 spiro atoms. The molecule has 4 rings (SSSR count). The summed E-state index contributed by atoms with van der Waals surface area (Å²) in [5.41, 5.74) is 5.52. The van der Waals surface area contributed by atoms with Gasteiger partial charge in [0.15, 0.2) is 0 Å². The molecule has 0 aliphatic carbocycles. The van der Waals surface area contributed by atoms with Crippen molar-refractivity contribution in [1.82, 2.24) is 10.3 Å². The number of hydrogen-bond donors (Lipinski definition) is 5. The Morgan fingerprint density at radius 2 is 1.86 bits per heavy atom. The number of H-pyrrole nitrogens is 1. The van der Waals surface area contributed by atoms with E-state index in [2.05, 4.69) is 20.9 Å². The molecule has 36 heavy (non-hydrogen) atoms. The average molecular weight is 507 g/mol. The normalized spacial score (nSPS) is 15.2. The minimum atomic E-state index is -1.33. The first-order chi connectivity index (χ1) is 17.2. The van der Waals surface area contributed by atoms with E-state index < -0.39 is 12.0 Å². The summed E-state index contributed by atoms with van der Waals surface area (Å²) in [6, 6.07) is 14.6. The maximum Gasteiger partial charge on any atom is 0.256 e. The molecule has 0 fully saturated rings. The molecule has 2 unspecified atom stereocenters. The second-order valence-electron chi connectivity index (χ2n) is 8.70. The van der Waals surface area contributed by atoms with Gasteiger partial charge in [-0.3, -0.25) is 14.4 Å². The van der Waals surface area contributed by atoms with Crippen molar-refractivity contribution in [2.24, 2.45) is 0 Å². The molecule has 0 bridgehead atoms. The lowest BCUT2D eigenvalue weighted by molar-refractivity contribution is -0.123. The van der Waals surface area contributed by atoms with Gasteiger partial charge in [-0.1, -0.05) is 30.3 Å². The summed E-state index contributed by atoms with van der Waals surface area (Å²) in [5.74, 6) is -1.38. The number of fused-ring (bicyclic) bond motifs is 1. The van der Waals surface area contributed by atoms with Crippen LogP contribution in [0.1, 0.15) is 51.4 Å².